The minimum atomic E-state index is 0.0597. The second-order valence-electron chi connectivity index (χ2n) is 5.56. The summed E-state index contributed by atoms with van der Waals surface area (Å²) in [7, 11) is 1.82. The Balaban J connectivity index is 1.79. The minimum absolute atomic E-state index is 0.0597. The smallest absolute Gasteiger partial charge is 0.257 e. The molecule has 1 saturated heterocycles. The molecule has 5 heteroatoms. The van der Waals surface area contributed by atoms with E-state index >= 15 is 0 Å². The molecule has 0 radical (unpaired) electrons. The Bertz CT molecular complexity index is 648. The monoisotopic (exact) mass is 299 g/mol. The Morgan fingerprint density at radius 1 is 1.36 bits per heavy atom. The summed E-state index contributed by atoms with van der Waals surface area (Å²) in [6, 6.07) is 8.21. The van der Waals surface area contributed by atoms with E-state index in [0.717, 1.165) is 30.7 Å². The second-order valence-corrected chi connectivity index (χ2v) is 5.56. The molecule has 5 nitrogen and oxygen atoms in total. The van der Waals surface area contributed by atoms with Gasteiger partial charge in [-0.25, -0.2) is 0 Å². The Morgan fingerprint density at radius 2 is 2.14 bits per heavy atom. The molecule has 1 fully saturated rings. The number of rotatable bonds is 4. The van der Waals surface area contributed by atoms with Crippen molar-refractivity contribution in [2.45, 2.75) is 25.8 Å². The average Bonchev–Trinajstić information content (AvgIpc) is 3.16. The molecule has 1 amide bonds. The predicted molar refractivity (Wildman–Crippen MR) is 83.8 cm³/mol. The Kier molecular flexibility index (Phi) is 4.13. The maximum Gasteiger partial charge on any atom is 0.257 e. The summed E-state index contributed by atoms with van der Waals surface area (Å²) in [4.78, 5) is 14.6. The fourth-order valence-electron chi connectivity index (χ4n) is 3.01. The van der Waals surface area contributed by atoms with Crippen molar-refractivity contribution < 1.29 is 9.53 Å². The molecule has 1 aromatic carbocycles. The first-order valence-corrected chi connectivity index (χ1v) is 7.71. The second kappa shape index (κ2) is 6.22. The highest BCUT2D eigenvalue weighted by Crippen LogP contribution is 2.33. The van der Waals surface area contributed by atoms with Crippen LogP contribution in [-0.2, 0) is 7.05 Å². The van der Waals surface area contributed by atoms with Gasteiger partial charge in [0.2, 0.25) is 0 Å². The van der Waals surface area contributed by atoms with E-state index in [2.05, 4.69) is 17.2 Å². The van der Waals surface area contributed by atoms with Crippen LogP contribution in [0.4, 0.5) is 0 Å². The van der Waals surface area contributed by atoms with E-state index in [4.69, 9.17) is 4.74 Å². The minimum Gasteiger partial charge on any atom is -0.494 e. The first kappa shape index (κ1) is 14.6. The maximum atomic E-state index is 12.7. The summed E-state index contributed by atoms with van der Waals surface area (Å²) in [5.74, 6) is 0.930. The Labute approximate surface area is 130 Å². The topological polar surface area (TPSA) is 47.4 Å². The third kappa shape index (κ3) is 2.84. The number of likely N-dealkylation sites (tertiary alicyclic amines) is 1. The number of hydrogen-bond acceptors (Lipinski definition) is 3. The standard InChI is InChI=1S/C17H21N3O2/c1-3-22-15-8-6-13(7-9-15)16-5-4-10-20(16)17(21)14-11-18-19(2)12-14/h6-9,11-12,16H,3-5,10H2,1-2H3/t16-/m1/s1. The molecule has 116 valence electrons. The molecule has 1 aliphatic heterocycles. The van der Waals surface area contributed by atoms with Crippen LogP contribution in [-0.4, -0.2) is 33.7 Å². The molecule has 3 rings (SSSR count). The molecule has 2 heterocycles. The normalized spacial score (nSPS) is 17.7. The lowest BCUT2D eigenvalue weighted by atomic mass is 10.0. The summed E-state index contributed by atoms with van der Waals surface area (Å²) in [5.41, 5.74) is 1.82. The molecular formula is C17H21N3O2. The number of ether oxygens (including phenoxy) is 1. The Morgan fingerprint density at radius 3 is 2.77 bits per heavy atom. The number of aryl methyl sites for hydroxylation is 1. The van der Waals surface area contributed by atoms with Crippen molar-refractivity contribution in [3.63, 3.8) is 0 Å². The molecule has 1 atom stereocenters. The van der Waals surface area contributed by atoms with Gasteiger partial charge < -0.3 is 9.64 Å². The number of hydrogen-bond donors (Lipinski definition) is 0. The lowest BCUT2D eigenvalue weighted by Gasteiger charge is -2.24. The van der Waals surface area contributed by atoms with Gasteiger partial charge in [0, 0.05) is 19.8 Å². The van der Waals surface area contributed by atoms with Crippen molar-refractivity contribution in [3.05, 3.63) is 47.8 Å². The molecule has 1 aliphatic rings. The average molecular weight is 299 g/mol. The number of nitrogens with zero attached hydrogens (tertiary/aromatic N) is 3. The number of carbonyl (C=O) groups excluding carboxylic acids is 1. The van der Waals surface area contributed by atoms with Gasteiger partial charge in [0.1, 0.15) is 5.75 Å². The highest BCUT2D eigenvalue weighted by Gasteiger charge is 2.31. The highest BCUT2D eigenvalue weighted by molar-refractivity contribution is 5.94. The van der Waals surface area contributed by atoms with Gasteiger partial charge in [-0.1, -0.05) is 12.1 Å². The van der Waals surface area contributed by atoms with Crippen molar-refractivity contribution in [1.29, 1.82) is 0 Å². The number of aromatic nitrogens is 2. The summed E-state index contributed by atoms with van der Waals surface area (Å²) in [5, 5.41) is 4.09. The van der Waals surface area contributed by atoms with Crippen molar-refractivity contribution in [1.82, 2.24) is 14.7 Å². The SMILES string of the molecule is CCOc1ccc([C@H]2CCCN2C(=O)c2cnn(C)c2)cc1. The van der Waals surface area contributed by atoms with Crippen molar-refractivity contribution in [2.75, 3.05) is 13.2 Å². The number of amides is 1. The van der Waals surface area contributed by atoms with Gasteiger partial charge in [0.05, 0.1) is 24.4 Å². The van der Waals surface area contributed by atoms with Gasteiger partial charge in [-0.15, -0.1) is 0 Å². The van der Waals surface area contributed by atoms with E-state index in [-0.39, 0.29) is 11.9 Å². The van der Waals surface area contributed by atoms with Gasteiger partial charge in [0.25, 0.3) is 5.91 Å². The third-order valence-electron chi connectivity index (χ3n) is 4.04. The molecular weight excluding hydrogens is 278 g/mol. The molecule has 0 spiro atoms. The fourth-order valence-corrected chi connectivity index (χ4v) is 3.01. The van der Waals surface area contributed by atoms with E-state index < -0.39 is 0 Å². The quantitative estimate of drug-likeness (QED) is 0.872. The van der Waals surface area contributed by atoms with Crippen molar-refractivity contribution in [3.8, 4) is 5.75 Å². The van der Waals surface area contributed by atoms with Crippen LogP contribution < -0.4 is 4.74 Å². The largest absolute Gasteiger partial charge is 0.494 e. The Hall–Kier alpha value is -2.30. The molecule has 0 aliphatic carbocycles. The van der Waals surface area contributed by atoms with Gasteiger partial charge in [0.15, 0.2) is 0 Å². The molecule has 2 aromatic rings. The number of benzene rings is 1. The fraction of sp³-hybridized carbons (Fsp3) is 0.412. The zero-order valence-corrected chi connectivity index (χ0v) is 13.0. The van der Waals surface area contributed by atoms with Gasteiger partial charge >= 0.3 is 0 Å². The summed E-state index contributed by atoms with van der Waals surface area (Å²) < 4.78 is 7.14. The molecule has 0 bridgehead atoms. The van der Waals surface area contributed by atoms with E-state index in [1.807, 2.05) is 31.0 Å². The first-order valence-electron chi connectivity index (χ1n) is 7.71. The molecule has 0 saturated carbocycles. The van der Waals surface area contributed by atoms with Crippen LogP contribution >= 0.6 is 0 Å². The van der Waals surface area contributed by atoms with Crippen LogP contribution in [0.3, 0.4) is 0 Å². The van der Waals surface area contributed by atoms with Gasteiger partial charge in [-0.3, -0.25) is 9.48 Å². The van der Waals surface area contributed by atoms with Crippen molar-refractivity contribution in [2.24, 2.45) is 7.05 Å². The highest BCUT2D eigenvalue weighted by atomic mass is 16.5. The molecule has 0 N–H and O–H groups in total. The van der Waals surface area contributed by atoms with Crippen molar-refractivity contribution >= 4 is 5.91 Å². The van der Waals surface area contributed by atoms with E-state index in [1.54, 1.807) is 17.1 Å². The summed E-state index contributed by atoms with van der Waals surface area (Å²) >= 11 is 0. The predicted octanol–water partition coefficient (Wildman–Crippen LogP) is 2.80. The lowest BCUT2D eigenvalue weighted by Crippen LogP contribution is -2.30. The van der Waals surface area contributed by atoms with Gasteiger partial charge in [-0.2, -0.15) is 5.10 Å². The van der Waals surface area contributed by atoms with E-state index in [1.165, 1.54) is 0 Å². The summed E-state index contributed by atoms with van der Waals surface area (Å²) in [6.45, 7) is 3.43. The molecule has 1 aromatic heterocycles. The first-order chi connectivity index (χ1) is 10.7. The van der Waals surface area contributed by atoms with Crippen LogP contribution in [0.15, 0.2) is 36.7 Å². The van der Waals surface area contributed by atoms with Crippen LogP contribution in [0, 0.1) is 0 Å². The zero-order chi connectivity index (χ0) is 15.5. The van der Waals surface area contributed by atoms with Crippen LogP contribution in [0.25, 0.3) is 0 Å². The van der Waals surface area contributed by atoms with Crippen LogP contribution in [0.5, 0.6) is 5.75 Å². The van der Waals surface area contributed by atoms with E-state index in [0.29, 0.717) is 12.2 Å². The van der Waals surface area contributed by atoms with Crippen LogP contribution in [0.1, 0.15) is 41.7 Å². The maximum absolute atomic E-state index is 12.7. The van der Waals surface area contributed by atoms with Crippen LogP contribution in [0.2, 0.25) is 0 Å². The third-order valence-corrected chi connectivity index (χ3v) is 4.04. The number of carbonyl (C=O) groups is 1. The lowest BCUT2D eigenvalue weighted by molar-refractivity contribution is 0.0735. The van der Waals surface area contributed by atoms with Gasteiger partial charge in [-0.05, 0) is 37.5 Å². The molecule has 22 heavy (non-hydrogen) atoms. The molecule has 0 unspecified atom stereocenters. The van der Waals surface area contributed by atoms with E-state index in [9.17, 15) is 4.79 Å². The summed E-state index contributed by atoms with van der Waals surface area (Å²) in [6.07, 6.45) is 5.44. The zero-order valence-electron chi connectivity index (χ0n) is 13.0.